The van der Waals surface area contributed by atoms with E-state index < -0.39 is 10.0 Å². The Hall–Kier alpha value is -2.99. The van der Waals surface area contributed by atoms with Crippen LogP contribution in [0.2, 0.25) is 0 Å². The average Bonchev–Trinajstić information content (AvgIpc) is 3.21. The molecule has 1 saturated heterocycles. The molecule has 0 saturated carbocycles. The molecule has 0 spiro atoms. The van der Waals surface area contributed by atoms with Gasteiger partial charge in [-0.25, -0.2) is 8.42 Å². The zero-order valence-corrected chi connectivity index (χ0v) is 16.5. The number of nitriles is 1. The van der Waals surface area contributed by atoms with Gasteiger partial charge in [-0.05, 0) is 17.7 Å². The number of oxazole rings is 1. The van der Waals surface area contributed by atoms with E-state index in [2.05, 4.69) is 22.0 Å². The maximum Gasteiger partial charge on any atom is 0.279 e. The lowest BCUT2D eigenvalue weighted by atomic mass is 10.2. The highest BCUT2D eigenvalue weighted by Gasteiger charge is 2.35. The van der Waals surface area contributed by atoms with Crippen molar-refractivity contribution in [2.45, 2.75) is 11.6 Å². The second-order valence-corrected chi connectivity index (χ2v) is 8.64. The summed E-state index contributed by atoms with van der Waals surface area (Å²) in [4.78, 5) is 6.30. The first-order valence-electron chi connectivity index (χ1n) is 9.31. The van der Waals surface area contributed by atoms with Crippen LogP contribution in [0.5, 0.6) is 0 Å². The molecule has 0 atom stereocenters. The van der Waals surface area contributed by atoms with E-state index in [1.165, 1.54) is 9.87 Å². The number of hydrogen-bond donors (Lipinski definition) is 0. The van der Waals surface area contributed by atoms with Gasteiger partial charge in [0.05, 0.1) is 0 Å². The van der Waals surface area contributed by atoms with Crippen LogP contribution in [0.1, 0.15) is 11.3 Å². The summed E-state index contributed by atoms with van der Waals surface area (Å²) in [5, 5.41) is 9.00. The lowest BCUT2D eigenvalue weighted by Gasteiger charge is -2.33. The summed E-state index contributed by atoms with van der Waals surface area (Å²) >= 11 is 0. The molecule has 1 fully saturated rings. The summed E-state index contributed by atoms with van der Waals surface area (Å²) in [6.45, 7) is 2.66. The van der Waals surface area contributed by atoms with Crippen molar-refractivity contribution in [1.82, 2.24) is 14.2 Å². The lowest BCUT2D eigenvalue weighted by molar-refractivity contribution is 0.180. The van der Waals surface area contributed by atoms with Crippen LogP contribution >= 0.6 is 0 Å². The molecule has 3 aromatic rings. The van der Waals surface area contributed by atoms with Crippen LogP contribution < -0.4 is 0 Å². The fourth-order valence-corrected chi connectivity index (χ4v) is 4.74. The van der Waals surface area contributed by atoms with Crippen molar-refractivity contribution in [2.24, 2.45) is 0 Å². The summed E-state index contributed by atoms with van der Waals surface area (Å²) < 4.78 is 33.1. The molecule has 1 aromatic heterocycles. The number of aromatic nitrogens is 1. The zero-order chi connectivity index (χ0) is 20.3. The summed E-state index contributed by atoms with van der Waals surface area (Å²) in [6.07, 6.45) is 0. The maximum absolute atomic E-state index is 13.1. The number of hydrogen-bond acceptors (Lipinski definition) is 6. The van der Waals surface area contributed by atoms with Gasteiger partial charge >= 0.3 is 0 Å². The second-order valence-electron chi connectivity index (χ2n) is 6.80. The third-order valence-corrected chi connectivity index (χ3v) is 6.67. The maximum atomic E-state index is 13.1. The van der Waals surface area contributed by atoms with Crippen LogP contribution in [0.15, 0.2) is 70.2 Å². The minimum absolute atomic E-state index is 0.128. The van der Waals surface area contributed by atoms with E-state index in [9.17, 15) is 13.7 Å². The highest BCUT2D eigenvalue weighted by Crippen LogP contribution is 2.27. The number of rotatable bonds is 5. The van der Waals surface area contributed by atoms with Crippen LogP contribution in [-0.4, -0.2) is 48.8 Å². The van der Waals surface area contributed by atoms with Crippen molar-refractivity contribution < 1.29 is 12.8 Å². The van der Waals surface area contributed by atoms with Crippen LogP contribution in [0.4, 0.5) is 0 Å². The highest BCUT2D eigenvalue weighted by molar-refractivity contribution is 7.89. The van der Waals surface area contributed by atoms with E-state index in [1.54, 1.807) is 24.3 Å². The summed E-state index contributed by atoms with van der Waals surface area (Å²) in [5.41, 5.74) is 1.60. The zero-order valence-electron chi connectivity index (χ0n) is 15.7. The molecule has 1 aliphatic heterocycles. The first kappa shape index (κ1) is 19.3. The largest absolute Gasteiger partial charge is 0.422 e. The number of benzene rings is 2. The van der Waals surface area contributed by atoms with Gasteiger partial charge in [0.25, 0.3) is 15.1 Å². The highest BCUT2D eigenvalue weighted by atomic mass is 32.2. The van der Waals surface area contributed by atoms with Crippen molar-refractivity contribution in [3.63, 3.8) is 0 Å². The molecular weight excluding hydrogens is 388 g/mol. The molecule has 0 radical (unpaired) electrons. The van der Waals surface area contributed by atoms with Gasteiger partial charge in [-0.3, -0.25) is 4.90 Å². The molecule has 29 heavy (non-hydrogen) atoms. The Balaban J connectivity index is 1.51. The predicted molar refractivity (Wildman–Crippen MR) is 107 cm³/mol. The smallest absolute Gasteiger partial charge is 0.279 e. The lowest BCUT2D eigenvalue weighted by Crippen LogP contribution is -2.48. The summed E-state index contributed by atoms with van der Waals surface area (Å²) in [5.74, 6) is 0.128. The molecular formula is C21H20N4O3S. The minimum Gasteiger partial charge on any atom is -0.422 e. The number of sulfonamides is 1. The van der Waals surface area contributed by atoms with Crippen molar-refractivity contribution in [3.8, 4) is 17.5 Å². The van der Waals surface area contributed by atoms with E-state index in [4.69, 9.17) is 4.42 Å². The quantitative estimate of drug-likeness (QED) is 0.645. The third-order valence-electron chi connectivity index (χ3n) is 4.88. The Kier molecular flexibility index (Phi) is 5.45. The Labute approximate surface area is 169 Å². The van der Waals surface area contributed by atoms with Crippen molar-refractivity contribution >= 4 is 10.0 Å². The van der Waals surface area contributed by atoms with Crippen molar-refractivity contribution in [2.75, 3.05) is 26.2 Å². The molecule has 0 amide bonds. The van der Waals surface area contributed by atoms with Gasteiger partial charge in [0.15, 0.2) is 5.69 Å². The van der Waals surface area contributed by atoms with Crippen molar-refractivity contribution in [3.05, 3.63) is 71.9 Å². The summed E-state index contributed by atoms with van der Waals surface area (Å²) in [7, 11) is -3.93. The Morgan fingerprint density at radius 2 is 1.59 bits per heavy atom. The van der Waals surface area contributed by atoms with Crippen LogP contribution in [0, 0.1) is 11.3 Å². The van der Waals surface area contributed by atoms with Gasteiger partial charge in [0, 0.05) is 38.3 Å². The Bertz CT molecular complexity index is 1110. The van der Waals surface area contributed by atoms with Crippen LogP contribution in [0.3, 0.4) is 0 Å². The van der Waals surface area contributed by atoms with Gasteiger partial charge in [-0.1, -0.05) is 48.5 Å². The molecule has 0 aliphatic carbocycles. The van der Waals surface area contributed by atoms with Crippen molar-refractivity contribution in [1.29, 1.82) is 5.26 Å². The van der Waals surface area contributed by atoms with Crippen LogP contribution in [-0.2, 0) is 16.6 Å². The monoisotopic (exact) mass is 408 g/mol. The molecule has 2 heterocycles. The van der Waals surface area contributed by atoms with Gasteiger partial charge < -0.3 is 4.42 Å². The van der Waals surface area contributed by atoms with Gasteiger partial charge in [0.2, 0.25) is 5.89 Å². The minimum atomic E-state index is -3.93. The predicted octanol–water partition coefficient (Wildman–Crippen LogP) is 2.72. The number of nitrogens with zero attached hydrogens (tertiary/aromatic N) is 4. The molecule has 7 nitrogen and oxygen atoms in total. The summed E-state index contributed by atoms with van der Waals surface area (Å²) in [6, 6.07) is 20.9. The average molecular weight is 408 g/mol. The van der Waals surface area contributed by atoms with E-state index >= 15 is 0 Å². The molecule has 1 aliphatic rings. The molecule has 0 bridgehead atoms. The second kappa shape index (κ2) is 8.17. The molecule has 0 unspecified atom stereocenters. The SMILES string of the molecule is N#Cc1nc(-c2ccccc2)oc1S(=O)(=O)N1CCN(Cc2ccccc2)CC1. The molecule has 148 valence electrons. The molecule has 2 aromatic carbocycles. The van der Waals surface area contributed by atoms with Gasteiger partial charge in [-0.2, -0.15) is 14.6 Å². The normalized spacial score (nSPS) is 15.8. The fraction of sp³-hybridized carbons (Fsp3) is 0.238. The first-order valence-corrected chi connectivity index (χ1v) is 10.7. The standard InChI is InChI=1S/C21H20N4O3S/c22-15-19-21(28-20(23-19)18-9-5-2-6-10-18)29(26,27)25-13-11-24(12-14-25)16-17-7-3-1-4-8-17/h1-10H,11-14,16H2. The Morgan fingerprint density at radius 1 is 0.966 bits per heavy atom. The molecule has 8 heteroatoms. The van der Waals surface area contributed by atoms with Gasteiger partial charge in [-0.15, -0.1) is 0 Å². The van der Waals surface area contributed by atoms with E-state index in [0.29, 0.717) is 31.7 Å². The van der Waals surface area contributed by atoms with E-state index in [-0.39, 0.29) is 16.7 Å². The van der Waals surface area contributed by atoms with Gasteiger partial charge in [0.1, 0.15) is 6.07 Å². The van der Waals surface area contributed by atoms with E-state index in [0.717, 1.165) is 6.54 Å². The Morgan fingerprint density at radius 3 is 2.21 bits per heavy atom. The topological polar surface area (TPSA) is 90.4 Å². The van der Waals surface area contributed by atoms with Crippen LogP contribution in [0.25, 0.3) is 11.5 Å². The molecule has 0 N–H and O–H groups in total. The third kappa shape index (κ3) is 4.07. The fourth-order valence-electron chi connectivity index (χ4n) is 3.34. The number of piperazine rings is 1. The molecule has 4 rings (SSSR count). The van der Waals surface area contributed by atoms with E-state index in [1.807, 2.05) is 30.3 Å². The first-order chi connectivity index (χ1) is 14.1.